The fourth-order valence-electron chi connectivity index (χ4n) is 1.22. The van der Waals surface area contributed by atoms with Gasteiger partial charge in [0, 0.05) is 54.5 Å². The monoisotopic (exact) mass is 263 g/mol. The molecule has 0 aromatic carbocycles. The van der Waals surface area contributed by atoms with Gasteiger partial charge >= 0.3 is 0 Å². The van der Waals surface area contributed by atoms with Crippen LogP contribution in [0.25, 0.3) is 0 Å². The summed E-state index contributed by atoms with van der Waals surface area (Å²) in [5.74, 6) is 1.33. The first kappa shape index (κ1) is 13.5. The van der Waals surface area contributed by atoms with Crippen LogP contribution < -0.4 is 4.90 Å². The van der Waals surface area contributed by atoms with Gasteiger partial charge in [-0.2, -0.15) is 4.37 Å². The van der Waals surface area contributed by atoms with E-state index in [0.29, 0.717) is 18.2 Å². The largest absolute Gasteiger partial charge is 0.377 e. The minimum absolute atomic E-state index is 0.189. The van der Waals surface area contributed by atoms with E-state index < -0.39 is 10.8 Å². The van der Waals surface area contributed by atoms with Crippen LogP contribution in [0, 0.1) is 0 Å². The first-order valence-electron chi connectivity index (χ1n) is 4.89. The zero-order valence-corrected chi connectivity index (χ0v) is 11.6. The topological polar surface area (TPSA) is 55.3 Å². The van der Waals surface area contributed by atoms with Crippen LogP contribution in [0.3, 0.4) is 0 Å². The Bertz CT molecular complexity index is 356. The summed E-state index contributed by atoms with van der Waals surface area (Å²) in [7, 11) is 2.76. The summed E-state index contributed by atoms with van der Waals surface area (Å²) in [4.78, 5) is 6.34. The van der Waals surface area contributed by atoms with Crippen molar-refractivity contribution in [2.75, 3.05) is 31.1 Å². The average Bonchev–Trinajstić information content (AvgIpc) is 2.64. The smallest absolute Gasteiger partial charge is 0.205 e. The molecule has 1 rings (SSSR count). The van der Waals surface area contributed by atoms with E-state index in [1.165, 1.54) is 11.5 Å². The maximum absolute atomic E-state index is 11.1. The van der Waals surface area contributed by atoms with Crippen LogP contribution in [0.2, 0.25) is 0 Å². The van der Waals surface area contributed by atoms with E-state index in [1.807, 2.05) is 18.9 Å². The Morgan fingerprint density at radius 2 is 2.31 bits per heavy atom. The molecular weight excluding hydrogens is 246 g/mol. The third kappa shape index (κ3) is 3.80. The van der Waals surface area contributed by atoms with Gasteiger partial charge in [-0.1, -0.05) is 0 Å². The second kappa shape index (κ2) is 6.27. The van der Waals surface area contributed by atoms with Crippen LogP contribution in [-0.4, -0.2) is 45.8 Å². The predicted octanol–water partition coefficient (Wildman–Crippen LogP) is 0.888. The molecule has 0 aliphatic rings. The molecule has 1 aromatic heterocycles. The second-order valence-corrected chi connectivity index (χ2v) is 5.84. The molecule has 1 aromatic rings. The minimum Gasteiger partial charge on any atom is -0.377 e. The standard InChI is InChI=1S/C9H17N3O2S2/c1-7(6-16(4)13)12(2)9-10-8(5-14-3)11-15-9/h7H,5-6H2,1-4H3/t7-,16+/m0/s1. The highest BCUT2D eigenvalue weighted by Gasteiger charge is 2.15. The van der Waals surface area contributed by atoms with Gasteiger partial charge in [0.25, 0.3) is 0 Å². The molecule has 16 heavy (non-hydrogen) atoms. The number of nitrogens with zero attached hydrogens (tertiary/aromatic N) is 3. The van der Waals surface area contributed by atoms with Crippen molar-refractivity contribution >= 4 is 27.5 Å². The Morgan fingerprint density at radius 1 is 1.62 bits per heavy atom. The van der Waals surface area contributed by atoms with Gasteiger partial charge in [0.05, 0.1) is 0 Å². The van der Waals surface area contributed by atoms with E-state index in [2.05, 4.69) is 9.36 Å². The highest BCUT2D eigenvalue weighted by Crippen LogP contribution is 2.18. The van der Waals surface area contributed by atoms with Crippen molar-refractivity contribution in [2.45, 2.75) is 19.6 Å². The molecule has 0 aliphatic heterocycles. The zero-order chi connectivity index (χ0) is 12.1. The van der Waals surface area contributed by atoms with E-state index in [1.54, 1.807) is 13.4 Å². The molecule has 0 unspecified atom stereocenters. The molecule has 0 spiro atoms. The van der Waals surface area contributed by atoms with Crippen LogP contribution in [0.1, 0.15) is 12.7 Å². The molecule has 5 nitrogen and oxygen atoms in total. The predicted molar refractivity (Wildman–Crippen MR) is 67.4 cm³/mol. The maximum atomic E-state index is 11.1. The normalized spacial score (nSPS) is 14.8. The zero-order valence-electron chi connectivity index (χ0n) is 9.97. The quantitative estimate of drug-likeness (QED) is 0.763. The number of methoxy groups -OCH3 is 1. The highest BCUT2D eigenvalue weighted by molar-refractivity contribution is 7.84. The molecule has 92 valence electrons. The number of hydrogen-bond donors (Lipinski definition) is 0. The highest BCUT2D eigenvalue weighted by atomic mass is 32.2. The van der Waals surface area contributed by atoms with Gasteiger partial charge in [-0.25, -0.2) is 4.98 Å². The molecule has 7 heteroatoms. The van der Waals surface area contributed by atoms with Gasteiger partial charge in [-0.05, 0) is 6.92 Å². The van der Waals surface area contributed by atoms with Crippen LogP contribution >= 0.6 is 11.5 Å². The molecule has 0 radical (unpaired) electrons. The SMILES string of the molecule is COCc1nsc(N(C)[C@@H](C)C[S@@](C)=O)n1. The molecule has 0 bridgehead atoms. The molecule has 0 saturated carbocycles. The molecular formula is C9H17N3O2S2. The Morgan fingerprint density at radius 3 is 2.88 bits per heavy atom. The lowest BCUT2D eigenvalue weighted by Crippen LogP contribution is -2.33. The first-order chi connectivity index (χ1) is 7.54. The Hall–Kier alpha value is -0.530. The van der Waals surface area contributed by atoms with Gasteiger partial charge in [0.2, 0.25) is 5.13 Å². The number of hydrogen-bond acceptors (Lipinski definition) is 6. The fourth-order valence-corrected chi connectivity index (χ4v) is 2.85. The van der Waals surface area contributed by atoms with Crippen molar-refractivity contribution in [1.29, 1.82) is 0 Å². The molecule has 0 fully saturated rings. The van der Waals surface area contributed by atoms with Crippen molar-refractivity contribution in [3.05, 3.63) is 5.82 Å². The summed E-state index contributed by atoms with van der Waals surface area (Å²) in [5.41, 5.74) is 0. The molecule has 0 amide bonds. The lowest BCUT2D eigenvalue weighted by atomic mass is 10.4. The van der Waals surface area contributed by atoms with E-state index in [9.17, 15) is 4.21 Å². The maximum Gasteiger partial charge on any atom is 0.205 e. The second-order valence-electron chi connectivity index (χ2n) is 3.63. The lowest BCUT2D eigenvalue weighted by molar-refractivity contribution is 0.179. The van der Waals surface area contributed by atoms with Crippen LogP contribution in [-0.2, 0) is 22.1 Å². The molecule has 0 saturated heterocycles. The van der Waals surface area contributed by atoms with Crippen molar-refractivity contribution in [3.63, 3.8) is 0 Å². The Kier molecular flexibility index (Phi) is 5.30. The van der Waals surface area contributed by atoms with Crippen LogP contribution in [0.4, 0.5) is 5.13 Å². The van der Waals surface area contributed by atoms with Crippen molar-refractivity contribution in [2.24, 2.45) is 0 Å². The number of aromatic nitrogens is 2. The van der Waals surface area contributed by atoms with E-state index in [4.69, 9.17) is 4.74 Å². The first-order valence-corrected chi connectivity index (χ1v) is 7.39. The minimum atomic E-state index is -0.797. The summed E-state index contributed by atoms with van der Waals surface area (Å²) < 4.78 is 20.3. The van der Waals surface area contributed by atoms with Gasteiger partial charge in [-0.3, -0.25) is 4.21 Å². The Labute approximate surface area is 102 Å². The van der Waals surface area contributed by atoms with Gasteiger partial charge < -0.3 is 9.64 Å². The Balaban J connectivity index is 2.64. The van der Waals surface area contributed by atoms with Gasteiger partial charge in [0.15, 0.2) is 5.82 Å². The molecule has 2 atom stereocenters. The molecule has 0 N–H and O–H groups in total. The van der Waals surface area contributed by atoms with Gasteiger partial charge in [-0.15, -0.1) is 0 Å². The molecule has 0 aliphatic carbocycles. The summed E-state index contributed by atoms with van der Waals surface area (Å²) in [5, 5.41) is 0.838. The summed E-state index contributed by atoms with van der Waals surface area (Å²) in [6, 6.07) is 0.189. The van der Waals surface area contributed by atoms with Crippen LogP contribution in [0.5, 0.6) is 0 Å². The third-order valence-electron chi connectivity index (χ3n) is 2.17. The van der Waals surface area contributed by atoms with Crippen molar-refractivity contribution in [3.8, 4) is 0 Å². The average molecular weight is 263 g/mol. The van der Waals surface area contributed by atoms with Crippen LogP contribution in [0.15, 0.2) is 0 Å². The van der Waals surface area contributed by atoms with Gasteiger partial charge in [0.1, 0.15) is 6.61 Å². The lowest BCUT2D eigenvalue weighted by Gasteiger charge is -2.22. The number of ether oxygens (including phenoxy) is 1. The summed E-state index contributed by atoms with van der Waals surface area (Å²) in [6.07, 6.45) is 1.71. The van der Waals surface area contributed by atoms with E-state index >= 15 is 0 Å². The van der Waals surface area contributed by atoms with E-state index in [-0.39, 0.29) is 6.04 Å². The fraction of sp³-hybridized carbons (Fsp3) is 0.778. The number of rotatable bonds is 6. The number of anilines is 1. The molecule has 1 heterocycles. The summed E-state index contributed by atoms with van der Waals surface area (Å²) >= 11 is 1.34. The third-order valence-corrected chi connectivity index (χ3v) is 3.97. The van der Waals surface area contributed by atoms with Crippen molar-refractivity contribution in [1.82, 2.24) is 9.36 Å². The summed E-state index contributed by atoms with van der Waals surface area (Å²) in [6.45, 7) is 2.46. The van der Waals surface area contributed by atoms with E-state index in [0.717, 1.165) is 5.13 Å². The van der Waals surface area contributed by atoms with Crippen molar-refractivity contribution < 1.29 is 8.95 Å².